The first kappa shape index (κ1) is 32.5. The van der Waals surface area contributed by atoms with Gasteiger partial charge in [0.05, 0.1) is 0 Å². The number of phosphoric acid groups is 1. The molecule has 6 nitrogen and oxygen atoms in total. The number of ether oxygens (including phenoxy) is 1. The second-order valence-electron chi connectivity index (χ2n) is 7.35. The van der Waals surface area contributed by atoms with Crippen LogP contribution < -0.4 is 0 Å². The SMILES string of the molecule is C=CC(=O)OC(CCCl)OP(=O)(OC(Br)(Br)C(C)(C)CBr)OC(Br)(Br)C(C)(C)CBr. The number of halogens is 7. The Bertz CT molecular complexity index is 612. The van der Waals surface area contributed by atoms with Gasteiger partial charge in [-0.15, -0.1) is 11.6 Å². The van der Waals surface area contributed by atoms with Gasteiger partial charge >= 0.3 is 13.8 Å². The standard InChI is InChI=1S/C16H24Br6ClO6P/c1-6-11(24)26-12(7-8-23)27-30(25,28-15(19,20)13(2,3)9-17)29-16(21,22)14(4,5)10-18/h6,12H,1,7-10H2,2-5H3. The van der Waals surface area contributed by atoms with E-state index in [1.54, 1.807) is 0 Å². The molecule has 0 fully saturated rings. The van der Waals surface area contributed by atoms with Gasteiger partial charge < -0.3 is 4.74 Å². The number of carbonyl (C=O) groups is 1. The van der Waals surface area contributed by atoms with Crippen LogP contribution in [0.2, 0.25) is 0 Å². The van der Waals surface area contributed by atoms with Crippen molar-refractivity contribution in [3.63, 3.8) is 0 Å². The first-order valence-corrected chi connectivity index (χ1v) is 15.8. The molecule has 0 amide bonds. The zero-order valence-electron chi connectivity index (χ0n) is 16.7. The summed E-state index contributed by atoms with van der Waals surface area (Å²) in [6, 6.07) is 0. The molecule has 0 saturated heterocycles. The molecule has 1 atom stereocenters. The summed E-state index contributed by atoms with van der Waals surface area (Å²) in [4.78, 5) is 11.7. The summed E-state index contributed by atoms with van der Waals surface area (Å²) in [5.41, 5.74) is -1.25. The van der Waals surface area contributed by atoms with Crippen LogP contribution in [-0.4, -0.2) is 35.6 Å². The van der Waals surface area contributed by atoms with Crippen molar-refractivity contribution in [2.45, 2.75) is 47.2 Å². The van der Waals surface area contributed by atoms with E-state index in [1.165, 1.54) is 0 Å². The van der Waals surface area contributed by atoms with Crippen molar-refractivity contribution in [2.75, 3.05) is 16.5 Å². The monoisotopic (exact) mass is 852 g/mol. The lowest BCUT2D eigenvalue weighted by Crippen LogP contribution is -2.40. The number of esters is 1. The first-order valence-electron chi connectivity index (χ1n) is 8.39. The molecule has 1 unspecified atom stereocenters. The van der Waals surface area contributed by atoms with Gasteiger partial charge in [-0.1, -0.05) is 66.1 Å². The predicted molar refractivity (Wildman–Crippen MR) is 143 cm³/mol. The predicted octanol–water partition coefficient (Wildman–Crippen LogP) is 8.56. The minimum Gasteiger partial charge on any atom is -0.432 e. The van der Waals surface area contributed by atoms with Gasteiger partial charge in [-0.2, -0.15) is 0 Å². The molecule has 0 rings (SSSR count). The van der Waals surface area contributed by atoms with E-state index >= 15 is 0 Å². The van der Waals surface area contributed by atoms with Crippen molar-refractivity contribution < 1.29 is 27.7 Å². The molecule has 30 heavy (non-hydrogen) atoms. The molecule has 178 valence electrons. The molecule has 14 heteroatoms. The third-order valence-electron chi connectivity index (χ3n) is 3.70. The van der Waals surface area contributed by atoms with Crippen LogP contribution in [0, 0.1) is 10.8 Å². The summed E-state index contributed by atoms with van der Waals surface area (Å²) in [6.07, 6.45) is -0.307. The Hall–Kier alpha value is 2.49. The average Bonchev–Trinajstić information content (AvgIpc) is 2.59. The highest BCUT2D eigenvalue weighted by Crippen LogP contribution is 2.66. The van der Waals surface area contributed by atoms with Gasteiger partial charge in [-0.25, -0.2) is 13.9 Å². The fourth-order valence-electron chi connectivity index (χ4n) is 1.29. The van der Waals surface area contributed by atoms with E-state index in [4.69, 9.17) is 29.9 Å². The molecule has 0 heterocycles. The van der Waals surface area contributed by atoms with E-state index in [-0.39, 0.29) is 12.3 Å². The molecule has 0 aliphatic heterocycles. The molecule has 0 spiro atoms. The van der Waals surface area contributed by atoms with Crippen LogP contribution in [0.25, 0.3) is 0 Å². The van der Waals surface area contributed by atoms with Crippen LogP contribution >= 0.6 is 115 Å². The molecule has 0 aliphatic carbocycles. The Labute approximate surface area is 233 Å². The van der Waals surface area contributed by atoms with E-state index in [2.05, 4.69) is 102 Å². The molecule has 0 radical (unpaired) electrons. The van der Waals surface area contributed by atoms with E-state index in [0.29, 0.717) is 10.7 Å². The zero-order valence-corrected chi connectivity index (χ0v) is 27.9. The second kappa shape index (κ2) is 13.0. The Balaban J connectivity index is 6.15. The number of hydrogen-bond donors (Lipinski definition) is 0. The van der Waals surface area contributed by atoms with E-state index in [1.807, 2.05) is 27.7 Å². The van der Waals surface area contributed by atoms with Crippen molar-refractivity contribution in [3.8, 4) is 0 Å². The maximum absolute atomic E-state index is 13.8. The lowest BCUT2D eigenvalue weighted by Gasteiger charge is -2.42. The first-order chi connectivity index (χ1) is 13.4. The van der Waals surface area contributed by atoms with Gasteiger partial charge in [0.1, 0.15) is 0 Å². The van der Waals surface area contributed by atoms with E-state index in [0.717, 1.165) is 6.08 Å². The number of rotatable bonds is 14. The molecule has 0 N–H and O–H groups in total. The molecule has 0 aromatic heterocycles. The Morgan fingerprint density at radius 3 is 1.73 bits per heavy atom. The third-order valence-corrected chi connectivity index (χ3v) is 14.2. The molecular formula is C16H24Br6ClO6P. The topological polar surface area (TPSA) is 71.1 Å². The zero-order chi connectivity index (χ0) is 24.0. The molecular weight excluding hydrogens is 834 g/mol. The van der Waals surface area contributed by atoms with Crippen molar-refractivity contribution in [3.05, 3.63) is 12.7 Å². The van der Waals surface area contributed by atoms with Gasteiger partial charge in [-0.05, 0) is 63.7 Å². The van der Waals surface area contributed by atoms with Crippen LogP contribution in [0.4, 0.5) is 0 Å². The molecule has 0 bridgehead atoms. The Morgan fingerprint density at radius 2 is 1.43 bits per heavy atom. The lowest BCUT2D eigenvalue weighted by molar-refractivity contribution is -0.161. The van der Waals surface area contributed by atoms with Crippen molar-refractivity contribution in [1.82, 2.24) is 0 Å². The summed E-state index contributed by atoms with van der Waals surface area (Å²) >= 11 is 26.2. The van der Waals surface area contributed by atoms with Gasteiger partial charge in [0, 0.05) is 39.9 Å². The van der Waals surface area contributed by atoms with Crippen LogP contribution in [0.15, 0.2) is 12.7 Å². The van der Waals surface area contributed by atoms with Crippen LogP contribution in [0.3, 0.4) is 0 Å². The number of alkyl halides is 7. The van der Waals surface area contributed by atoms with Crippen LogP contribution in [0.1, 0.15) is 34.1 Å². The highest BCUT2D eigenvalue weighted by atomic mass is 79.9. The number of hydrogen-bond acceptors (Lipinski definition) is 6. The van der Waals surface area contributed by atoms with Gasteiger partial charge in [-0.3, -0.25) is 9.05 Å². The minimum absolute atomic E-state index is 0.0384. The third kappa shape index (κ3) is 9.62. The average molecular weight is 858 g/mol. The lowest BCUT2D eigenvalue weighted by atomic mass is 9.98. The fourth-order valence-corrected chi connectivity index (χ4v) is 8.07. The Morgan fingerprint density at radius 1 is 1.03 bits per heavy atom. The van der Waals surface area contributed by atoms with Crippen LogP contribution in [-0.2, 0) is 27.7 Å². The minimum atomic E-state index is -4.43. The highest BCUT2D eigenvalue weighted by Gasteiger charge is 2.54. The highest BCUT2D eigenvalue weighted by molar-refractivity contribution is 9.25. The normalized spacial score (nSPS) is 15.0. The van der Waals surface area contributed by atoms with Crippen LogP contribution in [0.5, 0.6) is 0 Å². The van der Waals surface area contributed by atoms with Crippen molar-refractivity contribution in [2.24, 2.45) is 10.8 Å². The van der Waals surface area contributed by atoms with Crippen molar-refractivity contribution >= 4 is 121 Å². The molecule has 0 aromatic rings. The summed E-state index contributed by atoms with van der Waals surface area (Å²) in [5, 5.41) is 0.932. The van der Waals surface area contributed by atoms with Crippen molar-refractivity contribution in [1.29, 1.82) is 0 Å². The second-order valence-corrected chi connectivity index (χ2v) is 16.9. The molecule has 0 aromatic carbocycles. The Kier molecular flexibility index (Phi) is 14.1. The van der Waals surface area contributed by atoms with E-state index < -0.39 is 37.8 Å². The maximum atomic E-state index is 13.8. The van der Waals surface area contributed by atoms with E-state index in [9.17, 15) is 9.36 Å². The molecule has 0 saturated carbocycles. The quantitative estimate of drug-likeness (QED) is 0.0574. The summed E-state index contributed by atoms with van der Waals surface area (Å²) in [6.45, 7) is 10.7. The number of phosphoric ester groups is 1. The summed E-state index contributed by atoms with van der Waals surface area (Å²) < 4.78 is 33.5. The number of carbonyl (C=O) groups excluding carboxylic acids is 1. The van der Waals surface area contributed by atoms with Gasteiger partial charge in [0.25, 0.3) is 0 Å². The van der Waals surface area contributed by atoms with Gasteiger partial charge in [0.15, 0.2) is 6.84 Å². The summed E-state index contributed by atoms with van der Waals surface area (Å²) in [5.74, 6) is -0.706. The molecule has 0 aliphatic rings. The maximum Gasteiger partial charge on any atom is 0.482 e. The van der Waals surface area contributed by atoms with Gasteiger partial charge in [0.2, 0.25) is 6.29 Å². The smallest absolute Gasteiger partial charge is 0.432 e. The summed E-state index contributed by atoms with van der Waals surface area (Å²) in [7, 11) is -4.43. The largest absolute Gasteiger partial charge is 0.482 e. The fraction of sp³-hybridized carbons (Fsp3) is 0.812.